The number of carbonyl (C=O) groups is 1. The zero-order valence-electron chi connectivity index (χ0n) is 15.8. The number of hydrogen-bond acceptors (Lipinski definition) is 4. The van der Waals surface area contributed by atoms with Crippen molar-refractivity contribution in [2.24, 2.45) is 0 Å². The van der Waals surface area contributed by atoms with Gasteiger partial charge in [0.1, 0.15) is 10.0 Å². The molecule has 2 aromatic rings. The van der Waals surface area contributed by atoms with Crippen LogP contribution in [-0.2, 0) is 4.79 Å². The minimum absolute atomic E-state index is 0.228. The van der Waals surface area contributed by atoms with Gasteiger partial charge in [-0.1, -0.05) is 40.9 Å². The number of aryl methyl sites for hydroxylation is 2. The lowest BCUT2D eigenvalue weighted by Gasteiger charge is -2.31. The fraction of sp³-hybridized carbons (Fsp3) is 0.400. The molecule has 0 radical (unpaired) electrons. The lowest BCUT2D eigenvalue weighted by atomic mass is 10.1. The van der Waals surface area contributed by atoms with E-state index in [-0.39, 0.29) is 18.3 Å². The summed E-state index contributed by atoms with van der Waals surface area (Å²) in [4.78, 5) is 19.0. The van der Waals surface area contributed by atoms with Crippen LogP contribution in [-0.4, -0.2) is 30.6 Å². The van der Waals surface area contributed by atoms with Crippen LogP contribution in [0.5, 0.6) is 5.75 Å². The molecule has 1 aromatic heterocycles. The van der Waals surface area contributed by atoms with Crippen molar-refractivity contribution in [3.8, 4) is 5.75 Å². The normalized spacial score (nSPS) is 14.1. The van der Waals surface area contributed by atoms with E-state index in [1.165, 1.54) is 6.42 Å². The Morgan fingerprint density at radius 1 is 1.11 bits per heavy atom. The summed E-state index contributed by atoms with van der Waals surface area (Å²) in [6.45, 7) is 5.13. The van der Waals surface area contributed by atoms with E-state index in [0.717, 1.165) is 31.6 Å². The Labute approximate surface area is 179 Å². The second-order valence-electron chi connectivity index (χ2n) is 6.76. The van der Waals surface area contributed by atoms with Gasteiger partial charge in [0, 0.05) is 13.1 Å². The smallest absolute Gasteiger partial charge is 0.262 e. The first-order chi connectivity index (χ1) is 13.4. The van der Waals surface area contributed by atoms with Crippen molar-refractivity contribution in [1.82, 2.24) is 4.98 Å². The molecular weight excluding hydrogens is 421 g/mol. The van der Waals surface area contributed by atoms with E-state index in [2.05, 4.69) is 15.2 Å². The van der Waals surface area contributed by atoms with Crippen LogP contribution in [0.15, 0.2) is 18.2 Å². The fourth-order valence-electron chi connectivity index (χ4n) is 3.28. The molecule has 0 atom stereocenters. The number of aromatic nitrogens is 1. The molecule has 150 valence electrons. The molecule has 1 N–H and O–H groups in total. The van der Waals surface area contributed by atoms with Gasteiger partial charge in [-0.3, -0.25) is 9.78 Å². The molecule has 8 heteroatoms. The first-order valence-corrected chi connectivity index (χ1v) is 10.3. The second-order valence-corrected chi connectivity index (χ2v) is 7.92. The van der Waals surface area contributed by atoms with Gasteiger partial charge in [-0.15, -0.1) is 0 Å². The van der Waals surface area contributed by atoms with Crippen molar-refractivity contribution in [1.29, 1.82) is 0 Å². The number of carbonyl (C=O) groups excluding carboxylic acids is 1. The number of hydrogen-bond donors (Lipinski definition) is 1. The molecule has 0 bridgehead atoms. The van der Waals surface area contributed by atoms with Crippen LogP contribution in [0.1, 0.15) is 30.7 Å². The number of nitrogens with zero attached hydrogens (tertiary/aromatic N) is 2. The van der Waals surface area contributed by atoms with Gasteiger partial charge >= 0.3 is 0 Å². The van der Waals surface area contributed by atoms with Crippen LogP contribution in [0.4, 0.5) is 11.4 Å². The Morgan fingerprint density at radius 2 is 1.75 bits per heavy atom. The summed E-state index contributed by atoms with van der Waals surface area (Å²) in [6, 6.07) is 5.49. The van der Waals surface area contributed by atoms with Crippen molar-refractivity contribution in [3.63, 3.8) is 0 Å². The second kappa shape index (κ2) is 9.21. The van der Waals surface area contributed by atoms with E-state index in [1.807, 2.05) is 18.2 Å². The quantitative estimate of drug-likeness (QED) is 0.648. The van der Waals surface area contributed by atoms with Crippen molar-refractivity contribution in [2.75, 3.05) is 29.9 Å². The Bertz CT molecular complexity index is 857. The number of ether oxygens (including phenoxy) is 1. The number of halogens is 3. The molecule has 1 amide bonds. The highest BCUT2D eigenvalue weighted by Gasteiger charge is 2.20. The van der Waals surface area contributed by atoms with Gasteiger partial charge in [-0.2, -0.15) is 0 Å². The molecule has 0 aliphatic carbocycles. The highest BCUT2D eigenvalue weighted by Crippen LogP contribution is 2.37. The number of amides is 1. The number of para-hydroxylation sites is 1. The summed E-state index contributed by atoms with van der Waals surface area (Å²) in [5, 5.41) is 4.12. The standard InChI is InChI=1S/C20H22Cl3N3O2/c1-12-17(22)20(18(23)13(2)24-12)28-11-16(27)25-15-8-6-7-14(21)19(15)26-9-4-3-5-10-26/h6-8H,3-5,9-11H2,1-2H3,(H,25,27). The minimum atomic E-state index is -0.320. The molecule has 28 heavy (non-hydrogen) atoms. The van der Waals surface area contributed by atoms with Crippen molar-refractivity contribution < 1.29 is 9.53 Å². The molecule has 1 aliphatic rings. The number of piperidine rings is 1. The molecule has 5 nitrogen and oxygen atoms in total. The maximum atomic E-state index is 12.5. The molecule has 1 saturated heterocycles. The van der Waals surface area contributed by atoms with Crippen molar-refractivity contribution in [2.45, 2.75) is 33.1 Å². The molecule has 1 aromatic carbocycles. The van der Waals surface area contributed by atoms with Crippen LogP contribution in [0.2, 0.25) is 15.1 Å². The molecule has 2 heterocycles. The summed E-state index contributed by atoms with van der Waals surface area (Å²) >= 11 is 18.9. The first-order valence-electron chi connectivity index (χ1n) is 9.16. The minimum Gasteiger partial charge on any atom is -0.480 e. The Morgan fingerprint density at radius 3 is 2.39 bits per heavy atom. The van der Waals surface area contributed by atoms with E-state index < -0.39 is 0 Å². The largest absolute Gasteiger partial charge is 0.480 e. The summed E-state index contributed by atoms with van der Waals surface area (Å²) in [5.41, 5.74) is 2.72. The third kappa shape index (κ3) is 4.65. The highest BCUT2D eigenvalue weighted by molar-refractivity contribution is 6.37. The topological polar surface area (TPSA) is 54.5 Å². The molecule has 0 saturated carbocycles. The average Bonchev–Trinajstić information content (AvgIpc) is 2.67. The lowest BCUT2D eigenvalue weighted by molar-refractivity contribution is -0.118. The predicted molar refractivity (Wildman–Crippen MR) is 115 cm³/mol. The number of pyridine rings is 1. The predicted octanol–water partition coefficient (Wildman–Crippen LogP) is 5.67. The zero-order chi connectivity index (χ0) is 20.3. The maximum absolute atomic E-state index is 12.5. The van der Waals surface area contributed by atoms with Crippen LogP contribution < -0.4 is 15.0 Å². The molecular formula is C20H22Cl3N3O2. The summed E-state index contributed by atoms with van der Waals surface area (Å²) in [7, 11) is 0. The van der Waals surface area contributed by atoms with E-state index in [9.17, 15) is 4.79 Å². The van der Waals surface area contributed by atoms with Crippen LogP contribution in [0.3, 0.4) is 0 Å². The molecule has 1 fully saturated rings. The van der Waals surface area contributed by atoms with E-state index in [4.69, 9.17) is 39.5 Å². The zero-order valence-corrected chi connectivity index (χ0v) is 18.1. The van der Waals surface area contributed by atoms with E-state index in [1.54, 1.807) is 13.8 Å². The monoisotopic (exact) mass is 441 g/mol. The van der Waals surface area contributed by atoms with E-state index >= 15 is 0 Å². The van der Waals surface area contributed by atoms with Crippen molar-refractivity contribution in [3.05, 3.63) is 44.7 Å². The Hall–Kier alpha value is -1.69. The first kappa shape index (κ1) is 21.0. The fourth-order valence-corrected chi connectivity index (χ4v) is 4.01. The summed E-state index contributed by atoms with van der Waals surface area (Å²) in [5.74, 6) is -0.0504. The van der Waals surface area contributed by atoms with Gasteiger partial charge in [-0.25, -0.2) is 0 Å². The molecule has 0 spiro atoms. The van der Waals surface area contributed by atoms with Gasteiger partial charge in [0.15, 0.2) is 12.4 Å². The van der Waals surface area contributed by atoms with Crippen LogP contribution >= 0.6 is 34.8 Å². The number of benzene rings is 1. The average molecular weight is 443 g/mol. The van der Waals surface area contributed by atoms with Gasteiger partial charge < -0.3 is 15.0 Å². The third-order valence-corrected chi connectivity index (χ3v) is 5.85. The van der Waals surface area contributed by atoms with Gasteiger partial charge in [0.25, 0.3) is 5.91 Å². The van der Waals surface area contributed by atoms with Gasteiger partial charge in [-0.05, 0) is 45.2 Å². The maximum Gasteiger partial charge on any atom is 0.262 e. The molecule has 3 rings (SSSR count). The number of rotatable bonds is 5. The highest BCUT2D eigenvalue weighted by atomic mass is 35.5. The number of nitrogens with one attached hydrogen (secondary N) is 1. The Kier molecular flexibility index (Phi) is 6.91. The van der Waals surface area contributed by atoms with E-state index in [0.29, 0.717) is 32.1 Å². The van der Waals surface area contributed by atoms with Crippen molar-refractivity contribution >= 4 is 52.1 Å². The number of anilines is 2. The third-order valence-electron chi connectivity index (χ3n) is 4.65. The molecule has 1 aliphatic heterocycles. The van der Waals surface area contributed by atoms with Gasteiger partial charge in [0.2, 0.25) is 0 Å². The summed E-state index contributed by atoms with van der Waals surface area (Å²) < 4.78 is 5.62. The van der Waals surface area contributed by atoms with Crippen LogP contribution in [0.25, 0.3) is 0 Å². The lowest BCUT2D eigenvalue weighted by Crippen LogP contribution is -2.31. The van der Waals surface area contributed by atoms with Crippen LogP contribution in [0, 0.1) is 13.8 Å². The molecule has 0 unspecified atom stereocenters. The van der Waals surface area contributed by atoms with Gasteiger partial charge in [0.05, 0.1) is 27.8 Å². The SMILES string of the molecule is Cc1nc(C)c(Cl)c(OCC(=O)Nc2cccc(Cl)c2N2CCCCC2)c1Cl. The Balaban J connectivity index is 1.74. The summed E-state index contributed by atoms with van der Waals surface area (Å²) in [6.07, 6.45) is 3.43.